The van der Waals surface area contributed by atoms with Gasteiger partial charge >= 0.3 is 5.69 Å². The summed E-state index contributed by atoms with van der Waals surface area (Å²) in [5.41, 5.74) is 1.70. The SMILES string of the molecule is CNn1ccc(=O)[nH]c1=O. The predicted octanol–water partition coefficient (Wildman–Crippen LogP) is -1.29. The van der Waals surface area contributed by atoms with Gasteiger partial charge < -0.3 is 5.43 Å². The average molecular weight is 141 g/mol. The minimum atomic E-state index is -0.463. The normalized spacial score (nSPS) is 9.30. The summed E-state index contributed by atoms with van der Waals surface area (Å²) < 4.78 is 1.17. The molecule has 0 bridgehead atoms. The van der Waals surface area contributed by atoms with E-state index in [-0.39, 0.29) is 0 Å². The molecule has 0 spiro atoms. The van der Waals surface area contributed by atoms with Crippen LogP contribution in [0.4, 0.5) is 0 Å². The van der Waals surface area contributed by atoms with Crippen molar-refractivity contribution in [2.45, 2.75) is 0 Å². The van der Waals surface area contributed by atoms with Crippen molar-refractivity contribution >= 4 is 0 Å². The summed E-state index contributed by atoms with van der Waals surface area (Å²) in [6.07, 6.45) is 1.36. The van der Waals surface area contributed by atoms with Crippen molar-refractivity contribution < 1.29 is 0 Å². The molecule has 0 saturated carbocycles. The summed E-state index contributed by atoms with van der Waals surface area (Å²) in [6, 6.07) is 1.26. The monoisotopic (exact) mass is 141 g/mol. The van der Waals surface area contributed by atoms with E-state index >= 15 is 0 Å². The highest BCUT2D eigenvalue weighted by atomic mass is 16.2. The molecule has 2 N–H and O–H groups in total. The minimum absolute atomic E-state index is 0.392. The second kappa shape index (κ2) is 2.38. The Balaban J connectivity index is 3.34. The molecule has 54 valence electrons. The zero-order valence-corrected chi connectivity index (χ0v) is 5.42. The van der Waals surface area contributed by atoms with E-state index in [2.05, 4.69) is 10.4 Å². The largest absolute Gasteiger partial charge is 0.346 e. The van der Waals surface area contributed by atoms with Gasteiger partial charge in [-0.05, 0) is 0 Å². The molecule has 0 aliphatic heterocycles. The Kier molecular flexibility index (Phi) is 1.57. The second-order valence-corrected chi connectivity index (χ2v) is 1.70. The van der Waals surface area contributed by atoms with Crippen LogP contribution in [0, 0.1) is 0 Å². The third kappa shape index (κ3) is 1.07. The molecule has 0 aromatic carbocycles. The van der Waals surface area contributed by atoms with E-state index in [1.165, 1.54) is 16.9 Å². The first-order valence-corrected chi connectivity index (χ1v) is 2.74. The van der Waals surface area contributed by atoms with Crippen molar-refractivity contribution in [2.75, 3.05) is 12.5 Å². The van der Waals surface area contributed by atoms with Crippen LogP contribution >= 0.6 is 0 Å². The van der Waals surface area contributed by atoms with Gasteiger partial charge in [0.15, 0.2) is 0 Å². The Bertz CT molecular complexity index is 324. The molecule has 0 fully saturated rings. The molecule has 1 rings (SSSR count). The highest BCUT2D eigenvalue weighted by Gasteiger charge is 1.89. The number of nitrogens with zero attached hydrogens (tertiary/aromatic N) is 1. The predicted molar refractivity (Wildman–Crippen MR) is 36.6 cm³/mol. The summed E-state index contributed by atoms with van der Waals surface area (Å²) in [6.45, 7) is 0. The van der Waals surface area contributed by atoms with Crippen LogP contribution in [-0.4, -0.2) is 16.7 Å². The standard InChI is InChI=1S/C5H7N3O2/c1-6-8-3-2-4(9)7-5(8)10/h2-3,6H,1H3,(H,7,9,10). The molecule has 0 atom stereocenters. The van der Waals surface area contributed by atoms with E-state index in [1.54, 1.807) is 7.05 Å². The summed E-state index contributed by atoms with van der Waals surface area (Å²) in [4.78, 5) is 23.3. The Labute approximate surface area is 56.3 Å². The summed E-state index contributed by atoms with van der Waals surface area (Å²) in [7, 11) is 1.58. The van der Waals surface area contributed by atoms with E-state index in [0.717, 1.165) is 0 Å². The van der Waals surface area contributed by atoms with Gasteiger partial charge in [-0.15, -0.1) is 0 Å². The van der Waals surface area contributed by atoms with Crippen molar-refractivity contribution in [3.63, 3.8) is 0 Å². The van der Waals surface area contributed by atoms with E-state index < -0.39 is 11.2 Å². The maximum atomic E-state index is 10.7. The maximum Gasteiger partial charge on any atom is 0.346 e. The zero-order valence-electron chi connectivity index (χ0n) is 5.42. The quantitative estimate of drug-likeness (QED) is 0.511. The van der Waals surface area contributed by atoms with Gasteiger partial charge in [-0.25, -0.2) is 9.47 Å². The number of aromatic nitrogens is 2. The number of nitrogens with one attached hydrogen (secondary N) is 2. The van der Waals surface area contributed by atoms with Crippen LogP contribution in [0.3, 0.4) is 0 Å². The minimum Gasteiger partial charge on any atom is -0.325 e. The van der Waals surface area contributed by atoms with Crippen molar-refractivity contribution in [2.24, 2.45) is 0 Å². The van der Waals surface area contributed by atoms with E-state index in [1.807, 2.05) is 0 Å². The lowest BCUT2D eigenvalue weighted by molar-refractivity contribution is 0.811. The van der Waals surface area contributed by atoms with Gasteiger partial charge in [0.05, 0.1) is 0 Å². The molecule has 1 aromatic heterocycles. The lowest BCUT2D eigenvalue weighted by atomic mass is 10.7. The molecule has 0 aliphatic carbocycles. The molecule has 1 heterocycles. The van der Waals surface area contributed by atoms with Crippen LogP contribution in [-0.2, 0) is 0 Å². The van der Waals surface area contributed by atoms with Crippen molar-refractivity contribution in [1.29, 1.82) is 0 Å². The molecule has 5 nitrogen and oxygen atoms in total. The lowest BCUT2D eigenvalue weighted by Gasteiger charge is -1.99. The molecule has 0 saturated heterocycles. The van der Waals surface area contributed by atoms with Crippen LogP contribution in [0.1, 0.15) is 0 Å². The van der Waals surface area contributed by atoms with Crippen molar-refractivity contribution in [1.82, 2.24) is 9.66 Å². The molecular formula is C5H7N3O2. The third-order valence-electron chi connectivity index (χ3n) is 1.06. The van der Waals surface area contributed by atoms with E-state index in [0.29, 0.717) is 0 Å². The van der Waals surface area contributed by atoms with Crippen molar-refractivity contribution in [3.8, 4) is 0 Å². The van der Waals surface area contributed by atoms with Crippen LogP contribution < -0.4 is 16.7 Å². The first-order chi connectivity index (χ1) is 4.74. The van der Waals surface area contributed by atoms with Gasteiger partial charge in [0.1, 0.15) is 0 Å². The number of H-pyrrole nitrogens is 1. The average Bonchev–Trinajstić information content (AvgIpc) is 1.88. The zero-order chi connectivity index (χ0) is 7.56. The first kappa shape index (κ1) is 6.60. The van der Waals surface area contributed by atoms with Crippen LogP contribution in [0.25, 0.3) is 0 Å². The Hall–Kier alpha value is -1.52. The summed E-state index contributed by atoms with van der Waals surface area (Å²) in [5.74, 6) is 0. The van der Waals surface area contributed by atoms with Gasteiger partial charge in [-0.3, -0.25) is 9.78 Å². The summed E-state index contributed by atoms with van der Waals surface area (Å²) >= 11 is 0. The highest BCUT2D eigenvalue weighted by Crippen LogP contribution is 1.63. The maximum absolute atomic E-state index is 10.7. The smallest absolute Gasteiger partial charge is 0.325 e. The van der Waals surface area contributed by atoms with E-state index in [4.69, 9.17) is 0 Å². The molecule has 0 amide bonds. The second-order valence-electron chi connectivity index (χ2n) is 1.70. The first-order valence-electron chi connectivity index (χ1n) is 2.74. The Morgan fingerprint density at radius 2 is 2.30 bits per heavy atom. The molecule has 10 heavy (non-hydrogen) atoms. The van der Waals surface area contributed by atoms with Crippen LogP contribution in [0.5, 0.6) is 0 Å². The fourth-order valence-electron chi connectivity index (χ4n) is 0.593. The van der Waals surface area contributed by atoms with Gasteiger partial charge in [0.25, 0.3) is 5.56 Å². The Morgan fingerprint density at radius 3 is 2.80 bits per heavy atom. The Morgan fingerprint density at radius 1 is 1.60 bits per heavy atom. The van der Waals surface area contributed by atoms with Crippen LogP contribution in [0.15, 0.2) is 21.9 Å². The van der Waals surface area contributed by atoms with Gasteiger partial charge in [-0.2, -0.15) is 0 Å². The summed E-state index contributed by atoms with van der Waals surface area (Å²) in [5, 5.41) is 0. The third-order valence-corrected chi connectivity index (χ3v) is 1.06. The van der Waals surface area contributed by atoms with Gasteiger partial charge in [0.2, 0.25) is 0 Å². The lowest BCUT2D eigenvalue weighted by Crippen LogP contribution is -2.32. The van der Waals surface area contributed by atoms with Gasteiger partial charge in [0, 0.05) is 19.3 Å². The molecule has 0 radical (unpaired) electrons. The highest BCUT2D eigenvalue weighted by molar-refractivity contribution is 4.83. The molecule has 0 aliphatic rings. The van der Waals surface area contributed by atoms with E-state index in [9.17, 15) is 9.59 Å². The fourth-order valence-corrected chi connectivity index (χ4v) is 0.593. The number of aromatic amines is 1. The van der Waals surface area contributed by atoms with Crippen LogP contribution in [0.2, 0.25) is 0 Å². The fraction of sp³-hybridized carbons (Fsp3) is 0.200. The number of hydrogen-bond donors (Lipinski definition) is 2. The molecular weight excluding hydrogens is 134 g/mol. The topological polar surface area (TPSA) is 66.9 Å². The molecule has 1 aromatic rings. The number of hydrogen-bond acceptors (Lipinski definition) is 3. The van der Waals surface area contributed by atoms with Gasteiger partial charge in [-0.1, -0.05) is 0 Å². The van der Waals surface area contributed by atoms with Crippen molar-refractivity contribution in [3.05, 3.63) is 33.1 Å². The molecule has 0 unspecified atom stereocenters. The molecule has 5 heteroatoms. The number of rotatable bonds is 1.